The lowest BCUT2D eigenvalue weighted by Gasteiger charge is -2.06. The van der Waals surface area contributed by atoms with Gasteiger partial charge >= 0.3 is 0 Å². The third-order valence-electron chi connectivity index (χ3n) is 4.12. The molecule has 1 aromatic carbocycles. The highest BCUT2D eigenvalue weighted by atomic mass is 16.1. The molecular weight excluding hydrogens is 270 g/mol. The first-order chi connectivity index (χ1) is 10.7. The van der Waals surface area contributed by atoms with Crippen molar-refractivity contribution in [1.82, 2.24) is 5.32 Å². The third-order valence-corrected chi connectivity index (χ3v) is 4.12. The van der Waals surface area contributed by atoms with Gasteiger partial charge in [0.25, 0.3) is 0 Å². The monoisotopic (exact) mass is 303 g/mol. The molecule has 0 saturated heterocycles. The zero-order chi connectivity index (χ0) is 16.0. The molecule has 1 amide bonds. The van der Waals surface area contributed by atoms with Gasteiger partial charge < -0.3 is 5.32 Å². The average Bonchev–Trinajstić information content (AvgIpc) is 2.53. The van der Waals surface area contributed by atoms with Gasteiger partial charge in [-0.3, -0.25) is 4.79 Å². The van der Waals surface area contributed by atoms with Crippen molar-refractivity contribution in [1.29, 1.82) is 0 Å². The summed E-state index contributed by atoms with van der Waals surface area (Å²) < 4.78 is 0. The summed E-state index contributed by atoms with van der Waals surface area (Å²) in [5, 5.41) is 3.00. The van der Waals surface area contributed by atoms with Crippen LogP contribution in [0.2, 0.25) is 0 Å². The first-order valence-electron chi connectivity index (χ1n) is 9.04. The van der Waals surface area contributed by atoms with Crippen LogP contribution in [0.15, 0.2) is 24.3 Å². The van der Waals surface area contributed by atoms with E-state index in [1.807, 2.05) is 0 Å². The number of carbonyl (C=O) groups excluding carboxylic acids is 1. The standard InChI is InChI=1S/C20H33NO/c1-3-4-5-6-7-8-9-10-11-12-20(22)21-17-19-15-13-18(2)14-16-19/h13-16H,3-12,17H2,1-2H3,(H,21,22). The van der Waals surface area contributed by atoms with Crippen molar-refractivity contribution in [2.75, 3.05) is 0 Å². The second kappa shape index (κ2) is 12.3. The Kier molecular flexibility index (Phi) is 10.4. The van der Waals surface area contributed by atoms with E-state index in [-0.39, 0.29) is 5.91 Å². The molecule has 0 saturated carbocycles. The van der Waals surface area contributed by atoms with Crippen LogP contribution in [0.1, 0.15) is 82.3 Å². The van der Waals surface area contributed by atoms with Crippen molar-refractivity contribution >= 4 is 5.91 Å². The van der Waals surface area contributed by atoms with Crippen LogP contribution in [-0.2, 0) is 11.3 Å². The highest BCUT2D eigenvalue weighted by Crippen LogP contribution is 2.10. The summed E-state index contributed by atoms with van der Waals surface area (Å²) in [6.07, 6.45) is 12.3. The van der Waals surface area contributed by atoms with Gasteiger partial charge in [-0.05, 0) is 18.9 Å². The molecule has 0 bridgehead atoms. The lowest BCUT2D eigenvalue weighted by atomic mass is 10.1. The number of hydrogen-bond acceptors (Lipinski definition) is 1. The van der Waals surface area contributed by atoms with Crippen molar-refractivity contribution in [2.24, 2.45) is 0 Å². The zero-order valence-corrected chi connectivity index (χ0v) is 14.5. The summed E-state index contributed by atoms with van der Waals surface area (Å²) in [6, 6.07) is 8.33. The fraction of sp³-hybridized carbons (Fsp3) is 0.650. The van der Waals surface area contributed by atoms with Crippen LogP contribution in [0.4, 0.5) is 0 Å². The molecule has 0 unspecified atom stereocenters. The van der Waals surface area contributed by atoms with Crippen LogP contribution in [0.5, 0.6) is 0 Å². The summed E-state index contributed by atoms with van der Waals surface area (Å²) >= 11 is 0. The maximum atomic E-state index is 11.8. The first-order valence-corrected chi connectivity index (χ1v) is 9.04. The number of unbranched alkanes of at least 4 members (excludes halogenated alkanes) is 8. The minimum atomic E-state index is 0.184. The molecule has 2 nitrogen and oxygen atoms in total. The van der Waals surface area contributed by atoms with Crippen molar-refractivity contribution in [3.8, 4) is 0 Å². The molecule has 22 heavy (non-hydrogen) atoms. The molecule has 0 spiro atoms. The normalized spacial score (nSPS) is 10.6. The quantitative estimate of drug-likeness (QED) is 0.505. The van der Waals surface area contributed by atoms with Crippen LogP contribution in [0.25, 0.3) is 0 Å². The Balaban J connectivity index is 1.94. The molecule has 0 atom stereocenters. The van der Waals surface area contributed by atoms with E-state index in [1.54, 1.807) is 0 Å². The highest BCUT2D eigenvalue weighted by Gasteiger charge is 2.01. The number of rotatable bonds is 12. The molecule has 0 fully saturated rings. The maximum Gasteiger partial charge on any atom is 0.220 e. The molecule has 2 heteroatoms. The number of carbonyl (C=O) groups is 1. The molecule has 0 aromatic heterocycles. The van der Waals surface area contributed by atoms with E-state index in [0.29, 0.717) is 13.0 Å². The van der Waals surface area contributed by atoms with E-state index >= 15 is 0 Å². The molecule has 0 radical (unpaired) electrons. The predicted octanol–water partition coefficient (Wildman–Crippen LogP) is 5.53. The van der Waals surface area contributed by atoms with Gasteiger partial charge in [0.15, 0.2) is 0 Å². The number of nitrogens with one attached hydrogen (secondary N) is 1. The van der Waals surface area contributed by atoms with Gasteiger partial charge in [-0.1, -0.05) is 88.1 Å². The zero-order valence-electron chi connectivity index (χ0n) is 14.5. The Morgan fingerprint density at radius 1 is 0.864 bits per heavy atom. The number of hydrogen-bond donors (Lipinski definition) is 1. The minimum absolute atomic E-state index is 0.184. The summed E-state index contributed by atoms with van der Waals surface area (Å²) in [7, 11) is 0. The van der Waals surface area contributed by atoms with Crippen molar-refractivity contribution in [3.05, 3.63) is 35.4 Å². The Hall–Kier alpha value is -1.31. The highest BCUT2D eigenvalue weighted by molar-refractivity contribution is 5.75. The summed E-state index contributed by atoms with van der Waals surface area (Å²) in [6.45, 7) is 4.98. The Bertz CT molecular complexity index is 397. The van der Waals surface area contributed by atoms with Gasteiger partial charge in [-0.25, -0.2) is 0 Å². The number of aryl methyl sites for hydroxylation is 1. The van der Waals surface area contributed by atoms with E-state index in [4.69, 9.17) is 0 Å². The van der Waals surface area contributed by atoms with E-state index < -0.39 is 0 Å². The summed E-state index contributed by atoms with van der Waals surface area (Å²) in [5.41, 5.74) is 2.43. The van der Waals surface area contributed by atoms with E-state index in [1.165, 1.54) is 62.5 Å². The second-order valence-corrected chi connectivity index (χ2v) is 6.34. The smallest absolute Gasteiger partial charge is 0.220 e. The molecule has 0 aliphatic carbocycles. The van der Waals surface area contributed by atoms with Crippen LogP contribution >= 0.6 is 0 Å². The molecule has 124 valence electrons. The van der Waals surface area contributed by atoms with Crippen molar-refractivity contribution in [3.63, 3.8) is 0 Å². The fourth-order valence-electron chi connectivity index (χ4n) is 2.59. The summed E-state index contributed by atoms with van der Waals surface area (Å²) in [5.74, 6) is 0.184. The third kappa shape index (κ3) is 9.59. The molecule has 0 heterocycles. The second-order valence-electron chi connectivity index (χ2n) is 6.34. The van der Waals surface area contributed by atoms with E-state index in [9.17, 15) is 4.79 Å². The first kappa shape index (κ1) is 18.7. The van der Waals surface area contributed by atoms with Crippen LogP contribution in [-0.4, -0.2) is 5.91 Å². The lowest BCUT2D eigenvalue weighted by Crippen LogP contribution is -2.22. The van der Waals surface area contributed by atoms with Gasteiger partial charge in [0.2, 0.25) is 5.91 Å². The van der Waals surface area contributed by atoms with Gasteiger partial charge in [-0.2, -0.15) is 0 Å². The molecule has 1 N–H and O–H groups in total. The minimum Gasteiger partial charge on any atom is -0.352 e. The molecule has 1 rings (SSSR count). The number of amides is 1. The van der Waals surface area contributed by atoms with Crippen LogP contribution in [0.3, 0.4) is 0 Å². The van der Waals surface area contributed by atoms with Crippen LogP contribution < -0.4 is 5.32 Å². The average molecular weight is 303 g/mol. The largest absolute Gasteiger partial charge is 0.352 e. The van der Waals surface area contributed by atoms with E-state index in [0.717, 1.165) is 6.42 Å². The van der Waals surface area contributed by atoms with Crippen molar-refractivity contribution in [2.45, 2.75) is 84.6 Å². The maximum absolute atomic E-state index is 11.8. The predicted molar refractivity (Wildman–Crippen MR) is 94.9 cm³/mol. The Morgan fingerprint density at radius 3 is 2.00 bits per heavy atom. The molecule has 1 aromatic rings. The lowest BCUT2D eigenvalue weighted by molar-refractivity contribution is -0.121. The molecular formula is C20H33NO. The fourth-order valence-corrected chi connectivity index (χ4v) is 2.59. The van der Waals surface area contributed by atoms with Gasteiger partial charge in [0, 0.05) is 13.0 Å². The van der Waals surface area contributed by atoms with E-state index in [2.05, 4.69) is 43.4 Å². The Labute approximate surface area is 136 Å². The topological polar surface area (TPSA) is 29.1 Å². The van der Waals surface area contributed by atoms with Crippen molar-refractivity contribution < 1.29 is 4.79 Å². The van der Waals surface area contributed by atoms with Gasteiger partial charge in [0.1, 0.15) is 0 Å². The van der Waals surface area contributed by atoms with Gasteiger partial charge in [0.05, 0.1) is 0 Å². The summed E-state index contributed by atoms with van der Waals surface area (Å²) in [4.78, 5) is 11.8. The number of benzene rings is 1. The Morgan fingerprint density at radius 2 is 1.41 bits per heavy atom. The SMILES string of the molecule is CCCCCCCCCCCC(=O)NCc1ccc(C)cc1. The van der Waals surface area contributed by atoms with Gasteiger partial charge in [-0.15, -0.1) is 0 Å². The molecule has 0 aliphatic heterocycles. The molecule has 0 aliphatic rings. The van der Waals surface area contributed by atoms with Crippen LogP contribution in [0, 0.1) is 6.92 Å².